The number of ether oxygens (including phenoxy) is 2. The number of benzene rings is 1. The third kappa shape index (κ3) is 3.24. The van der Waals surface area contributed by atoms with Gasteiger partial charge in [0.1, 0.15) is 5.82 Å². The maximum Gasteiger partial charge on any atom is 0.252 e. The molecule has 6 heteroatoms. The number of halogens is 1. The Morgan fingerprint density at radius 3 is 2.88 bits per heavy atom. The maximum atomic E-state index is 13.9. The van der Waals surface area contributed by atoms with Crippen molar-refractivity contribution in [2.45, 2.75) is 37.3 Å². The van der Waals surface area contributed by atoms with Crippen LogP contribution < -0.4 is 5.32 Å². The highest BCUT2D eigenvalue weighted by Gasteiger charge is 2.39. The fourth-order valence-electron chi connectivity index (χ4n) is 3.86. The second kappa shape index (κ2) is 6.69. The Morgan fingerprint density at radius 2 is 2.04 bits per heavy atom. The summed E-state index contributed by atoms with van der Waals surface area (Å²) in [5, 5.41) is 4.06. The lowest BCUT2D eigenvalue weighted by molar-refractivity contribution is -0.139. The molecule has 2 aromatic rings. The van der Waals surface area contributed by atoms with Crippen LogP contribution in [-0.4, -0.2) is 42.4 Å². The lowest BCUT2D eigenvalue weighted by Crippen LogP contribution is -2.51. The molecule has 1 atom stereocenters. The van der Waals surface area contributed by atoms with Crippen molar-refractivity contribution >= 4 is 16.7 Å². The number of nitrogens with one attached hydrogen (secondary N) is 1. The van der Waals surface area contributed by atoms with Crippen LogP contribution in [-0.2, 0) is 9.47 Å². The first-order valence-electron chi connectivity index (χ1n) is 8.72. The van der Waals surface area contributed by atoms with Crippen molar-refractivity contribution in [3.63, 3.8) is 0 Å². The van der Waals surface area contributed by atoms with E-state index in [1.807, 2.05) is 0 Å². The largest absolute Gasteiger partial charge is 0.381 e. The second-order valence-corrected chi connectivity index (χ2v) is 6.82. The van der Waals surface area contributed by atoms with Gasteiger partial charge in [-0.15, -0.1) is 0 Å². The molecule has 2 fully saturated rings. The van der Waals surface area contributed by atoms with E-state index in [1.165, 1.54) is 24.5 Å². The zero-order valence-corrected chi connectivity index (χ0v) is 14.0. The molecular formula is C19H21FN2O3. The molecular weight excluding hydrogens is 323 g/mol. The Balaban J connectivity index is 1.53. The molecule has 1 spiro atoms. The number of carbonyl (C=O) groups is 1. The van der Waals surface area contributed by atoms with Crippen LogP contribution in [0.3, 0.4) is 0 Å². The molecule has 0 radical (unpaired) electrons. The van der Waals surface area contributed by atoms with Gasteiger partial charge in [-0.3, -0.25) is 9.78 Å². The highest BCUT2D eigenvalue weighted by Crippen LogP contribution is 2.34. The van der Waals surface area contributed by atoms with E-state index < -0.39 is 0 Å². The molecule has 1 aromatic heterocycles. The Morgan fingerprint density at radius 1 is 1.20 bits per heavy atom. The minimum absolute atomic E-state index is 0.0520. The van der Waals surface area contributed by atoms with E-state index in [1.54, 1.807) is 6.07 Å². The molecule has 1 unspecified atom stereocenters. The molecule has 132 valence electrons. The van der Waals surface area contributed by atoms with E-state index in [0.29, 0.717) is 36.2 Å². The van der Waals surface area contributed by atoms with Crippen LogP contribution in [0.5, 0.6) is 0 Å². The number of aromatic nitrogens is 1. The number of hydrogen-bond acceptors (Lipinski definition) is 4. The van der Waals surface area contributed by atoms with Gasteiger partial charge in [0.05, 0.1) is 5.60 Å². The van der Waals surface area contributed by atoms with Gasteiger partial charge < -0.3 is 14.8 Å². The number of hydrogen-bond donors (Lipinski definition) is 1. The van der Waals surface area contributed by atoms with Gasteiger partial charge in [-0.2, -0.15) is 0 Å². The van der Waals surface area contributed by atoms with Crippen molar-refractivity contribution in [3.05, 3.63) is 42.0 Å². The minimum Gasteiger partial charge on any atom is -0.381 e. The zero-order chi connectivity index (χ0) is 17.3. The number of pyridine rings is 1. The minimum atomic E-state index is -0.346. The average Bonchev–Trinajstić information content (AvgIpc) is 2.63. The highest BCUT2D eigenvalue weighted by molar-refractivity contribution is 6.07. The summed E-state index contributed by atoms with van der Waals surface area (Å²) in [7, 11) is 0. The number of fused-ring (bicyclic) bond motifs is 1. The van der Waals surface area contributed by atoms with Crippen LogP contribution in [0.4, 0.5) is 4.39 Å². The SMILES string of the molecule is O=C(NC1CCOC2(CCOCC2)C1)c1ccc(F)c2ccncc12. The molecule has 1 N–H and O–H groups in total. The van der Waals surface area contributed by atoms with Gasteiger partial charge in [-0.05, 0) is 43.9 Å². The molecule has 2 aliphatic heterocycles. The summed E-state index contributed by atoms with van der Waals surface area (Å²) < 4.78 is 25.4. The zero-order valence-electron chi connectivity index (χ0n) is 14.0. The molecule has 0 bridgehead atoms. The van der Waals surface area contributed by atoms with E-state index in [0.717, 1.165) is 25.7 Å². The number of carbonyl (C=O) groups excluding carboxylic acids is 1. The van der Waals surface area contributed by atoms with Crippen LogP contribution in [0.25, 0.3) is 10.8 Å². The third-order valence-corrected chi connectivity index (χ3v) is 5.24. The number of amides is 1. The van der Waals surface area contributed by atoms with Gasteiger partial charge in [-0.1, -0.05) is 0 Å². The summed E-state index contributed by atoms with van der Waals surface area (Å²) in [6.45, 7) is 2.04. The van der Waals surface area contributed by atoms with Crippen molar-refractivity contribution in [1.29, 1.82) is 0 Å². The Hall–Kier alpha value is -2.05. The molecule has 2 aliphatic rings. The first-order chi connectivity index (χ1) is 12.2. The van der Waals surface area contributed by atoms with Crippen LogP contribution in [0.15, 0.2) is 30.6 Å². The Kier molecular flexibility index (Phi) is 4.39. The summed E-state index contributed by atoms with van der Waals surface area (Å²) >= 11 is 0. The molecule has 5 nitrogen and oxygen atoms in total. The van der Waals surface area contributed by atoms with Crippen molar-refractivity contribution in [1.82, 2.24) is 10.3 Å². The molecule has 1 aromatic carbocycles. The van der Waals surface area contributed by atoms with Crippen molar-refractivity contribution in [2.75, 3.05) is 19.8 Å². The summed E-state index contributed by atoms with van der Waals surface area (Å²) in [4.78, 5) is 16.8. The molecule has 0 saturated carbocycles. The van der Waals surface area contributed by atoms with Crippen LogP contribution in [0.1, 0.15) is 36.0 Å². The normalized spacial score (nSPS) is 22.8. The maximum absolute atomic E-state index is 13.9. The van der Waals surface area contributed by atoms with Gasteiger partial charge >= 0.3 is 0 Å². The summed E-state index contributed by atoms with van der Waals surface area (Å²) in [5.41, 5.74) is 0.276. The van der Waals surface area contributed by atoms with Gasteiger partial charge in [0, 0.05) is 54.6 Å². The summed E-state index contributed by atoms with van der Waals surface area (Å²) in [6.07, 6.45) is 6.37. The lowest BCUT2D eigenvalue weighted by Gasteiger charge is -2.43. The standard InChI is InChI=1S/C19H21FN2O3/c20-17-2-1-15(16-12-21-7-3-14(16)17)18(23)22-13-4-8-25-19(11-13)5-9-24-10-6-19/h1-3,7,12-13H,4-6,8-11H2,(H,22,23). The molecule has 4 rings (SSSR count). The van der Waals surface area contributed by atoms with Crippen molar-refractivity contribution < 1.29 is 18.7 Å². The third-order valence-electron chi connectivity index (χ3n) is 5.24. The van der Waals surface area contributed by atoms with E-state index >= 15 is 0 Å². The van der Waals surface area contributed by atoms with E-state index in [4.69, 9.17) is 9.47 Å². The quantitative estimate of drug-likeness (QED) is 0.910. The molecule has 2 saturated heterocycles. The lowest BCUT2D eigenvalue weighted by atomic mass is 9.84. The van der Waals surface area contributed by atoms with Crippen LogP contribution in [0.2, 0.25) is 0 Å². The Bertz CT molecular complexity index is 784. The van der Waals surface area contributed by atoms with Crippen LogP contribution >= 0.6 is 0 Å². The van der Waals surface area contributed by atoms with Crippen molar-refractivity contribution in [2.24, 2.45) is 0 Å². The van der Waals surface area contributed by atoms with Gasteiger partial charge in [0.25, 0.3) is 5.91 Å². The van der Waals surface area contributed by atoms with Gasteiger partial charge in [0.2, 0.25) is 0 Å². The molecule has 1 amide bonds. The number of rotatable bonds is 2. The summed E-state index contributed by atoms with van der Waals surface area (Å²) in [6, 6.07) is 4.50. The van der Waals surface area contributed by atoms with Gasteiger partial charge in [-0.25, -0.2) is 4.39 Å². The second-order valence-electron chi connectivity index (χ2n) is 6.82. The fraction of sp³-hybridized carbons (Fsp3) is 0.474. The first kappa shape index (κ1) is 16.4. The van der Waals surface area contributed by atoms with Gasteiger partial charge in [0.15, 0.2) is 0 Å². The summed E-state index contributed by atoms with van der Waals surface area (Å²) in [5.74, 6) is -0.534. The monoisotopic (exact) mass is 344 g/mol. The van der Waals surface area contributed by atoms with E-state index in [9.17, 15) is 9.18 Å². The predicted molar refractivity (Wildman–Crippen MR) is 90.9 cm³/mol. The molecule has 0 aliphatic carbocycles. The van der Waals surface area contributed by atoms with Crippen LogP contribution in [0, 0.1) is 5.82 Å². The van der Waals surface area contributed by atoms with Crippen molar-refractivity contribution in [3.8, 4) is 0 Å². The first-order valence-corrected chi connectivity index (χ1v) is 8.72. The highest BCUT2D eigenvalue weighted by atomic mass is 19.1. The molecule has 25 heavy (non-hydrogen) atoms. The number of nitrogens with zero attached hydrogens (tertiary/aromatic N) is 1. The fourth-order valence-corrected chi connectivity index (χ4v) is 3.86. The predicted octanol–water partition coefficient (Wildman–Crippen LogP) is 2.83. The van der Waals surface area contributed by atoms with E-state index in [-0.39, 0.29) is 23.4 Å². The molecule has 3 heterocycles. The Labute approximate surface area is 145 Å². The smallest absolute Gasteiger partial charge is 0.252 e. The topological polar surface area (TPSA) is 60.5 Å². The average molecular weight is 344 g/mol. The van der Waals surface area contributed by atoms with E-state index in [2.05, 4.69) is 10.3 Å².